The minimum atomic E-state index is 0.0955. The minimum Gasteiger partial charge on any atom is -0.506 e. The van der Waals surface area contributed by atoms with Gasteiger partial charge in [0.05, 0.1) is 17.9 Å². The number of rotatable bonds is 4. The fourth-order valence-electron chi connectivity index (χ4n) is 1.55. The van der Waals surface area contributed by atoms with E-state index in [1.165, 1.54) is 6.20 Å². The quantitative estimate of drug-likeness (QED) is 0.815. The molecule has 0 amide bonds. The summed E-state index contributed by atoms with van der Waals surface area (Å²) in [5.74, 6) is 1.05. The van der Waals surface area contributed by atoms with Crippen LogP contribution in [-0.4, -0.2) is 24.9 Å². The molecule has 0 aliphatic carbocycles. The molecule has 2 N–H and O–H groups in total. The Morgan fingerprint density at radius 1 is 1.47 bits per heavy atom. The summed E-state index contributed by atoms with van der Waals surface area (Å²) in [6.07, 6.45) is 3.11. The fourth-order valence-corrected chi connectivity index (χ4v) is 1.55. The van der Waals surface area contributed by atoms with E-state index in [1.54, 1.807) is 18.5 Å². The molecule has 0 saturated carbocycles. The maximum Gasteiger partial charge on any atom is 0.149 e. The van der Waals surface area contributed by atoms with Crippen molar-refractivity contribution in [3.63, 3.8) is 0 Å². The number of nitrogens with zero attached hydrogens (tertiary/aromatic N) is 4. The topological polar surface area (TPSA) is 75.9 Å². The van der Waals surface area contributed by atoms with Crippen LogP contribution in [-0.2, 0) is 13.6 Å². The first-order valence-corrected chi connectivity index (χ1v) is 5.38. The van der Waals surface area contributed by atoms with Gasteiger partial charge in [-0.2, -0.15) is 0 Å². The predicted molar refractivity (Wildman–Crippen MR) is 62.2 cm³/mol. The number of nitrogens with one attached hydrogen (secondary N) is 1. The van der Waals surface area contributed by atoms with Crippen molar-refractivity contribution in [2.75, 3.05) is 0 Å². The van der Waals surface area contributed by atoms with Gasteiger partial charge in [-0.1, -0.05) is 0 Å². The zero-order valence-electron chi connectivity index (χ0n) is 9.83. The summed E-state index contributed by atoms with van der Waals surface area (Å²) in [5.41, 5.74) is 0.872. The van der Waals surface area contributed by atoms with E-state index in [-0.39, 0.29) is 11.8 Å². The Balaban J connectivity index is 1.94. The summed E-state index contributed by atoms with van der Waals surface area (Å²) < 4.78 is 1.88. The Morgan fingerprint density at radius 2 is 2.29 bits per heavy atom. The van der Waals surface area contributed by atoms with Crippen LogP contribution in [0.1, 0.15) is 24.5 Å². The molecule has 1 unspecified atom stereocenters. The van der Waals surface area contributed by atoms with Crippen LogP contribution in [0.5, 0.6) is 5.75 Å². The summed E-state index contributed by atoms with van der Waals surface area (Å²) in [5, 5.41) is 20.3. The summed E-state index contributed by atoms with van der Waals surface area (Å²) >= 11 is 0. The van der Waals surface area contributed by atoms with Crippen molar-refractivity contribution < 1.29 is 5.11 Å². The predicted octanol–water partition coefficient (Wildman–Crippen LogP) is 0.766. The molecule has 2 heterocycles. The lowest BCUT2D eigenvalue weighted by Crippen LogP contribution is -2.21. The zero-order chi connectivity index (χ0) is 12.3. The molecule has 0 spiro atoms. The van der Waals surface area contributed by atoms with E-state index in [1.807, 2.05) is 18.5 Å². The van der Waals surface area contributed by atoms with Crippen molar-refractivity contribution in [1.82, 2.24) is 25.1 Å². The largest absolute Gasteiger partial charge is 0.506 e. The normalized spacial score (nSPS) is 12.6. The second kappa shape index (κ2) is 4.92. The first-order chi connectivity index (χ1) is 8.16. The van der Waals surface area contributed by atoms with Crippen LogP contribution in [0, 0.1) is 0 Å². The average Bonchev–Trinajstić information content (AvgIpc) is 2.74. The first-order valence-electron chi connectivity index (χ1n) is 5.38. The summed E-state index contributed by atoms with van der Waals surface area (Å²) in [4.78, 5) is 4.10. The Labute approximate surface area is 99.3 Å². The molecule has 0 aliphatic heterocycles. The average molecular weight is 233 g/mol. The van der Waals surface area contributed by atoms with Gasteiger partial charge < -0.3 is 15.0 Å². The van der Waals surface area contributed by atoms with Gasteiger partial charge in [-0.3, -0.25) is 4.98 Å². The van der Waals surface area contributed by atoms with Crippen molar-refractivity contribution in [3.05, 3.63) is 36.2 Å². The van der Waals surface area contributed by atoms with Crippen LogP contribution >= 0.6 is 0 Å². The Bertz CT molecular complexity index is 479. The molecule has 0 bridgehead atoms. The molecule has 1 atom stereocenters. The smallest absolute Gasteiger partial charge is 0.149 e. The molecule has 0 aromatic carbocycles. The highest BCUT2D eigenvalue weighted by molar-refractivity contribution is 5.17. The van der Waals surface area contributed by atoms with Crippen LogP contribution in [0.4, 0.5) is 0 Å². The lowest BCUT2D eigenvalue weighted by molar-refractivity contribution is 0.470. The van der Waals surface area contributed by atoms with Crippen LogP contribution in [0.3, 0.4) is 0 Å². The highest BCUT2D eigenvalue weighted by atomic mass is 16.3. The van der Waals surface area contributed by atoms with Crippen LogP contribution in [0.25, 0.3) is 0 Å². The SMILES string of the molecule is CC(NCc1ccc(O)cn1)c1nncn1C. The van der Waals surface area contributed by atoms with Gasteiger partial charge in [-0.25, -0.2) is 0 Å². The van der Waals surface area contributed by atoms with Gasteiger partial charge in [-0.05, 0) is 19.1 Å². The molecule has 0 fully saturated rings. The summed E-state index contributed by atoms with van der Waals surface area (Å²) in [6, 6.07) is 3.50. The zero-order valence-corrected chi connectivity index (χ0v) is 9.83. The molecular weight excluding hydrogens is 218 g/mol. The monoisotopic (exact) mass is 233 g/mol. The van der Waals surface area contributed by atoms with Crippen LogP contribution in [0.2, 0.25) is 0 Å². The van der Waals surface area contributed by atoms with Gasteiger partial charge in [0.1, 0.15) is 17.9 Å². The molecule has 90 valence electrons. The molecule has 2 aromatic rings. The van der Waals surface area contributed by atoms with Gasteiger partial charge in [0.25, 0.3) is 0 Å². The van der Waals surface area contributed by atoms with Gasteiger partial charge >= 0.3 is 0 Å². The van der Waals surface area contributed by atoms with E-state index in [0.717, 1.165) is 11.5 Å². The maximum absolute atomic E-state index is 9.12. The Kier molecular flexibility index (Phi) is 3.34. The first kappa shape index (κ1) is 11.5. The third-order valence-electron chi connectivity index (χ3n) is 2.53. The molecule has 2 rings (SSSR count). The van der Waals surface area contributed by atoms with Crippen LogP contribution in [0.15, 0.2) is 24.7 Å². The van der Waals surface area contributed by atoms with Crippen molar-refractivity contribution in [2.45, 2.75) is 19.5 Å². The van der Waals surface area contributed by atoms with Crippen molar-refractivity contribution in [2.24, 2.45) is 7.05 Å². The number of hydrogen-bond donors (Lipinski definition) is 2. The number of pyridine rings is 1. The highest BCUT2D eigenvalue weighted by Crippen LogP contribution is 2.09. The Morgan fingerprint density at radius 3 is 2.88 bits per heavy atom. The molecule has 6 nitrogen and oxygen atoms in total. The van der Waals surface area contributed by atoms with Gasteiger partial charge in [0, 0.05) is 13.6 Å². The standard InChI is InChI=1S/C11H15N5O/c1-8(11-15-14-7-16(11)2)12-5-9-3-4-10(17)6-13-9/h3-4,6-8,12,17H,5H2,1-2H3. The van der Waals surface area contributed by atoms with Crippen molar-refractivity contribution in [3.8, 4) is 5.75 Å². The molecule has 0 radical (unpaired) electrons. The minimum absolute atomic E-state index is 0.0955. The lowest BCUT2D eigenvalue weighted by atomic mass is 10.3. The van der Waals surface area contributed by atoms with Crippen molar-refractivity contribution in [1.29, 1.82) is 0 Å². The summed E-state index contributed by atoms with van der Waals surface area (Å²) in [7, 11) is 1.91. The van der Waals surface area contributed by atoms with Gasteiger partial charge in [-0.15, -0.1) is 10.2 Å². The molecule has 0 aliphatic rings. The molecule has 17 heavy (non-hydrogen) atoms. The molecular formula is C11H15N5O. The van der Waals surface area contributed by atoms with Crippen LogP contribution < -0.4 is 5.32 Å². The third kappa shape index (κ3) is 2.79. The number of aryl methyl sites for hydroxylation is 1. The van der Waals surface area contributed by atoms with E-state index in [4.69, 9.17) is 5.11 Å². The van der Waals surface area contributed by atoms with E-state index in [0.29, 0.717) is 6.54 Å². The van der Waals surface area contributed by atoms with Crippen molar-refractivity contribution >= 4 is 0 Å². The second-order valence-electron chi connectivity index (χ2n) is 3.91. The van der Waals surface area contributed by atoms with E-state index in [2.05, 4.69) is 20.5 Å². The molecule has 6 heteroatoms. The van der Waals surface area contributed by atoms with Gasteiger partial charge in [0.2, 0.25) is 0 Å². The Hall–Kier alpha value is -1.95. The number of hydrogen-bond acceptors (Lipinski definition) is 5. The molecule has 2 aromatic heterocycles. The van der Waals surface area contributed by atoms with E-state index < -0.39 is 0 Å². The van der Waals surface area contributed by atoms with E-state index in [9.17, 15) is 0 Å². The van der Waals surface area contributed by atoms with E-state index >= 15 is 0 Å². The number of aromatic nitrogens is 4. The second-order valence-corrected chi connectivity index (χ2v) is 3.91. The highest BCUT2D eigenvalue weighted by Gasteiger charge is 2.10. The summed E-state index contributed by atoms with van der Waals surface area (Å²) in [6.45, 7) is 2.64. The van der Waals surface area contributed by atoms with Gasteiger partial charge in [0.15, 0.2) is 0 Å². The molecule has 0 saturated heterocycles. The number of aromatic hydroxyl groups is 1. The fraction of sp³-hybridized carbons (Fsp3) is 0.364. The third-order valence-corrected chi connectivity index (χ3v) is 2.53. The lowest BCUT2D eigenvalue weighted by Gasteiger charge is -2.12. The maximum atomic E-state index is 9.12.